The number of benzene rings is 2. The highest BCUT2D eigenvalue weighted by atomic mass is 35.5. The summed E-state index contributed by atoms with van der Waals surface area (Å²) < 4.78 is 97.3. The molecule has 22 nitrogen and oxygen atoms in total. The monoisotopic (exact) mass is 1000 g/mol. The molecule has 354 valence electrons. The molecular formula is C39H40Cl2FN5O17P2. The molecule has 4 aromatic rings. The standard InChI is InChI=1S/C39H40Cl2FN5O17P2/c1-22-18-46(38(52)44-36(22)50)33-16-29(61-35(49)13-4-23(2)48)31(59-33)20-58-66(55,63-27-11-7-25(41)8-12-27)64-30-17-34(47-19-28(42)37(51)45-39(47)53)60-32(30)21-57-65(54,56-15-3-14-43)62-26-9-5-24(40)6-10-26/h5-12,18-19,29-34H,3-4,13,15-17,20-21H2,1-2H3,(H,44,50,52)(H,45,51,53)/t29-,30-,31+,32+,33+,34+,65?,66?/m0/s1. The van der Waals surface area contributed by atoms with Crippen molar-refractivity contribution in [2.45, 2.75) is 82.8 Å². The average Bonchev–Trinajstić information content (AvgIpc) is 3.85. The number of nitrogens with zero attached hydrogens (tertiary/aromatic N) is 3. The lowest BCUT2D eigenvalue weighted by molar-refractivity contribution is -0.153. The quantitative estimate of drug-likeness (QED) is 0.0598. The van der Waals surface area contributed by atoms with Crippen LogP contribution in [0.15, 0.2) is 80.1 Å². The first-order chi connectivity index (χ1) is 31.3. The Bertz CT molecular complexity index is 2780. The largest absolute Gasteiger partial charge is 0.530 e. The Hall–Kier alpha value is -5.24. The fraction of sp³-hybridized carbons (Fsp3) is 0.410. The number of ether oxygens (including phenoxy) is 3. The third-order valence-electron chi connectivity index (χ3n) is 9.60. The number of ketones is 1. The zero-order valence-electron chi connectivity index (χ0n) is 34.7. The van der Waals surface area contributed by atoms with E-state index < -0.39 is 113 Å². The number of hydrogen-bond donors (Lipinski definition) is 2. The first-order valence-corrected chi connectivity index (χ1v) is 23.4. The summed E-state index contributed by atoms with van der Waals surface area (Å²) in [5.41, 5.74) is -3.81. The molecule has 2 saturated heterocycles. The van der Waals surface area contributed by atoms with Crippen molar-refractivity contribution >= 4 is 50.6 Å². The van der Waals surface area contributed by atoms with Crippen LogP contribution in [-0.4, -0.2) is 75.1 Å². The summed E-state index contributed by atoms with van der Waals surface area (Å²) in [5, 5.41) is 9.67. The number of hydrogen-bond acceptors (Lipinski definition) is 18. The van der Waals surface area contributed by atoms with Gasteiger partial charge in [-0.3, -0.25) is 51.6 Å². The zero-order valence-corrected chi connectivity index (χ0v) is 38.0. The maximum absolute atomic E-state index is 15.0. The lowest BCUT2D eigenvalue weighted by Gasteiger charge is -2.27. The Labute approximate surface area is 382 Å². The summed E-state index contributed by atoms with van der Waals surface area (Å²) in [6.45, 7) is 0.763. The first-order valence-electron chi connectivity index (χ1n) is 19.7. The van der Waals surface area contributed by atoms with Gasteiger partial charge < -0.3 is 28.1 Å². The van der Waals surface area contributed by atoms with E-state index in [0.29, 0.717) is 15.8 Å². The number of phosphoric acid groups is 2. The number of phosphoric ester groups is 2. The molecule has 4 heterocycles. The number of H-pyrrole nitrogens is 2. The highest BCUT2D eigenvalue weighted by molar-refractivity contribution is 7.49. The predicted octanol–water partition coefficient (Wildman–Crippen LogP) is 5.42. The number of aromatic amines is 2. The van der Waals surface area contributed by atoms with E-state index >= 15 is 0 Å². The number of halogens is 3. The Morgan fingerprint density at radius 1 is 0.788 bits per heavy atom. The summed E-state index contributed by atoms with van der Waals surface area (Å²) in [7, 11) is -9.71. The Morgan fingerprint density at radius 2 is 1.30 bits per heavy atom. The van der Waals surface area contributed by atoms with Crippen LogP contribution >= 0.6 is 38.8 Å². The zero-order chi connectivity index (χ0) is 47.8. The van der Waals surface area contributed by atoms with E-state index in [0.717, 1.165) is 4.57 Å². The first kappa shape index (κ1) is 50.2. The van der Waals surface area contributed by atoms with Gasteiger partial charge in [-0.2, -0.15) is 9.65 Å². The van der Waals surface area contributed by atoms with Crippen molar-refractivity contribution in [2.75, 3.05) is 19.8 Å². The van der Waals surface area contributed by atoms with Crippen LogP contribution in [-0.2, 0) is 51.0 Å². The number of rotatable bonds is 21. The molecule has 0 bridgehead atoms. The van der Waals surface area contributed by atoms with Crippen LogP contribution in [0.25, 0.3) is 0 Å². The van der Waals surface area contributed by atoms with Gasteiger partial charge in [0.15, 0.2) is 0 Å². The fourth-order valence-corrected chi connectivity index (χ4v) is 9.25. The molecule has 0 spiro atoms. The van der Waals surface area contributed by atoms with Gasteiger partial charge in [0.25, 0.3) is 11.1 Å². The molecule has 2 fully saturated rings. The summed E-state index contributed by atoms with van der Waals surface area (Å²) in [6, 6.07) is 12.8. The molecule has 6 rings (SSSR count). The molecule has 0 radical (unpaired) electrons. The number of carbonyl (C=O) groups excluding carboxylic acids is 2. The highest BCUT2D eigenvalue weighted by Crippen LogP contribution is 2.55. The van der Waals surface area contributed by atoms with Gasteiger partial charge in [-0.1, -0.05) is 23.2 Å². The Balaban J connectivity index is 1.32. The maximum atomic E-state index is 15.0. The number of aryl methyl sites for hydroxylation is 1. The minimum Gasteiger partial charge on any atom is -0.459 e. The summed E-state index contributed by atoms with van der Waals surface area (Å²) in [5.74, 6) is -2.62. The van der Waals surface area contributed by atoms with Crippen molar-refractivity contribution in [3.05, 3.63) is 124 Å². The van der Waals surface area contributed by atoms with Gasteiger partial charge in [0.05, 0.1) is 44.9 Å². The van der Waals surface area contributed by atoms with E-state index in [4.69, 9.17) is 69.8 Å². The second-order valence-corrected chi connectivity index (χ2v) is 18.6. The van der Waals surface area contributed by atoms with Crippen molar-refractivity contribution in [1.29, 1.82) is 5.26 Å². The molecule has 2 aliphatic heterocycles. The van der Waals surface area contributed by atoms with Crippen molar-refractivity contribution in [3.8, 4) is 17.6 Å². The molecular weight excluding hydrogens is 962 g/mol. The van der Waals surface area contributed by atoms with Crippen molar-refractivity contribution < 1.29 is 64.5 Å². The van der Waals surface area contributed by atoms with Gasteiger partial charge in [0.2, 0.25) is 5.82 Å². The third kappa shape index (κ3) is 13.4. The van der Waals surface area contributed by atoms with E-state index in [-0.39, 0.29) is 53.6 Å². The van der Waals surface area contributed by atoms with Gasteiger partial charge >= 0.3 is 33.0 Å². The molecule has 2 unspecified atom stereocenters. The second-order valence-electron chi connectivity index (χ2n) is 14.5. The topological polar surface area (TPSA) is 285 Å². The van der Waals surface area contributed by atoms with Crippen molar-refractivity contribution in [3.63, 3.8) is 0 Å². The SMILES string of the molecule is CC(=O)CCC(=O)O[C@H]1C[C@H](n2cc(C)c(=O)[nH]c2=O)O[C@@H]1COP(=O)(Oc1ccc(Cl)cc1)O[C@H]1C[C@H](n2cc(F)c(=O)[nH]c2=O)O[C@@H]1COP(=O)(OCCC#N)Oc1ccc(Cl)cc1. The minimum atomic E-state index is -5.05. The molecule has 2 aromatic heterocycles. The van der Waals surface area contributed by atoms with E-state index in [1.165, 1.54) is 68.6 Å². The number of Topliss-reactive ketones (excluding diaryl/α,β-unsaturated/α-hetero) is 1. The lowest BCUT2D eigenvalue weighted by Crippen LogP contribution is -2.34. The summed E-state index contributed by atoms with van der Waals surface area (Å²) in [6.07, 6.45) is -7.81. The number of aromatic nitrogens is 4. The van der Waals surface area contributed by atoms with Gasteiger partial charge in [0, 0.05) is 41.1 Å². The number of nitrogens with one attached hydrogen (secondary N) is 2. The van der Waals surface area contributed by atoms with Crippen LogP contribution in [0.1, 0.15) is 57.0 Å². The van der Waals surface area contributed by atoms with Gasteiger partial charge in [-0.15, -0.1) is 0 Å². The predicted molar refractivity (Wildman–Crippen MR) is 227 cm³/mol. The molecule has 0 amide bonds. The summed E-state index contributed by atoms with van der Waals surface area (Å²) in [4.78, 5) is 78.2. The Kier molecular flexibility index (Phi) is 16.8. The van der Waals surface area contributed by atoms with Crippen LogP contribution in [0.4, 0.5) is 4.39 Å². The van der Waals surface area contributed by atoms with E-state index in [2.05, 4.69) is 4.98 Å². The van der Waals surface area contributed by atoms with Crippen LogP contribution in [0.5, 0.6) is 11.5 Å². The normalized spacial score (nSPS) is 22.2. The fourth-order valence-electron chi connectivity index (χ4n) is 6.37. The Morgan fingerprint density at radius 3 is 1.88 bits per heavy atom. The van der Waals surface area contributed by atoms with Crippen LogP contribution < -0.4 is 31.5 Å². The molecule has 66 heavy (non-hydrogen) atoms. The molecule has 0 saturated carbocycles. The number of nitriles is 1. The molecule has 2 aromatic carbocycles. The number of carbonyl (C=O) groups is 2. The van der Waals surface area contributed by atoms with E-state index in [1.54, 1.807) is 4.98 Å². The van der Waals surface area contributed by atoms with Crippen LogP contribution in [0.3, 0.4) is 0 Å². The second kappa shape index (κ2) is 22.0. The van der Waals surface area contributed by atoms with Gasteiger partial charge in [0.1, 0.15) is 54.2 Å². The van der Waals surface area contributed by atoms with Crippen LogP contribution in [0, 0.1) is 24.1 Å². The minimum absolute atomic E-state index is 0.0259. The summed E-state index contributed by atoms with van der Waals surface area (Å²) >= 11 is 12.1. The van der Waals surface area contributed by atoms with E-state index in [1.807, 2.05) is 6.07 Å². The highest BCUT2D eigenvalue weighted by Gasteiger charge is 2.47. The maximum Gasteiger partial charge on any atom is 0.530 e. The lowest BCUT2D eigenvalue weighted by atomic mass is 10.1. The molecule has 2 aliphatic rings. The average molecular weight is 1000 g/mol. The van der Waals surface area contributed by atoms with Gasteiger partial charge in [-0.05, 0) is 62.4 Å². The van der Waals surface area contributed by atoms with Crippen molar-refractivity contribution in [1.82, 2.24) is 19.1 Å². The number of esters is 1. The van der Waals surface area contributed by atoms with E-state index in [9.17, 15) is 42.3 Å². The smallest absolute Gasteiger partial charge is 0.459 e. The molecule has 2 N–H and O–H groups in total. The molecule has 0 aliphatic carbocycles. The third-order valence-corrected chi connectivity index (χ3v) is 12.9. The molecule has 27 heteroatoms. The molecule has 8 atom stereocenters. The van der Waals surface area contributed by atoms with Crippen molar-refractivity contribution in [2.24, 2.45) is 0 Å². The van der Waals surface area contributed by atoms with Crippen LogP contribution in [0.2, 0.25) is 10.0 Å². The van der Waals surface area contributed by atoms with Gasteiger partial charge in [-0.25, -0.2) is 18.7 Å².